The van der Waals surface area contributed by atoms with Crippen LogP contribution in [0.4, 0.5) is 0 Å². The van der Waals surface area contributed by atoms with Crippen molar-refractivity contribution in [2.75, 3.05) is 12.9 Å². The van der Waals surface area contributed by atoms with E-state index in [0.717, 1.165) is 39.7 Å². The van der Waals surface area contributed by atoms with Crippen molar-refractivity contribution >= 4 is 39.3 Å². The van der Waals surface area contributed by atoms with Gasteiger partial charge in [0.25, 0.3) is 0 Å². The number of carbonyl (C=O) groups is 1. The van der Waals surface area contributed by atoms with E-state index in [1.807, 2.05) is 6.92 Å². The Bertz CT molecular complexity index is 610. The molecule has 2 aromatic rings. The normalized spacial score (nSPS) is 10.9. The van der Waals surface area contributed by atoms with E-state index in [1.54, 1.807) is 23.1 Å². The molecule has 2 aromatic heterocycles. The highest BCUT2D eigenvalue weighted by molar-refractivity contribution is 7.99. The van der Waals surface area contributed by atoms with Gasteiger partial charge < -0.3 is 4.74 Å². The summed E-state index contributed by atoms with van der Waals surface area (Å²) in [4.78, 5) is 22.5. The van der Waals surface area contributed by atoms with Gasteiger partial charge in [0.2, 0.25) is 0 Å². The summed E-state index contributed by atoms with van der Waals surface area (Å²) < 4.78 is 4.64. The minimum absolute atomic E-state index is 0.154. The van der Waals surface area contributed by atoms with Crippen molar-refractivity contribution in [3.63, 3.8) is 0 Å². The summed E-state index contributed by atoms with van der Waals surface area (Å²) in [6.45, 7) is 4.07. The minimum Gasteiger partial charge on any atom is -0.469 e. The van der Waals surface area contributed by atoms with Crippen LogP contribution in [-0.2, 0) is 16.0 Å². The lowest BCUT2D eigenvalue weighted by Gasteiger charge is -2.03. The molecule has 4 nitrogen and oxygen atoms in total. The van der Waals surface area contributed by atoms with E-state index in [9.17, 15) is 4.79 Å². The molecule has 2 rings (SSSR count). The third-order valence-corrected chi connectivity index (χ3v) is 5.11. The van der Waals surface area contributed by atoms with Gasteiger partial charge in [-0.1, -0.05) is 6.92 Å². The molecule has 0 saturated carbocycles. The molecule has 108 valence electrons. The zero-order chi connectivity index (χ0) is 14.5. The lowest BCUT2D eigenvalue weighted by Crippen LogP contribution is -2.00. The zero-order valence-corrected chi connectivity index (χ0v) is 13.6. The van der Waals surface area contributed by atoms with E-state index in [2.05, 4.69) is 27.7 Å². The second kappa shape index (κ2) is 7.04. The monoisotopic (exact) mass is 310 g/mol. The Balaban J connectivity index is 2.08. The number of aryl methyl sites for hydroxylation is 2. The molecule has 0 aromatic carbocycles. The van der Waals surface area contributed by atoms with E-state index in [1.165, 1.54) is 12.0 Å². The number of thiophene rings is 1. The quantitative estimate of drug-likeness (QED) is 0.353. The maximum atomic E-state index is 11.1. The van der Waals surface area contributed by atoms with Crippen molar-refractivity contribution in [3.8, 4) is 0 Å². The van der Waals surface area contributed by atoms with Gasteiger partial charge in [0.05, 0.1) is 7.11 Å². The fraction of sp³-hybridized carbons (Fsp3) is 0.500. The van der Waals surface area contributed by atoms with Gasteiger partial charge in [-0.15, -0.1) is 23.1 Å². The van der Waals surface area contributed by atoms with Crippen molar-refractivity contribution in [2.24, 2.45) is 0 Å². The first-order valence-electron chi connectivity index (χ1n) is 6.60. The summed E-state index contributed by atoms with van der Waals surface area (Å²) in [6, 6.07) is 2.18. The molecule has 6 heteroatoms. The summed E-state index contributed by atoms with van der Waals surface area (Å²) >= 11 is 3.42. The maximum absolute atomic E-state index is 11.1. The van der Waals surface area contributed by atoms with Crippen LogP contribution in [0.5, 0.6) is 0 Å². The summed E-state index contributed by atoms with van der Waals surface area (Å²) in [5, 5.41) is 2.16. The molecule has 0 radical (unpaired) electrons. The molecular formula is C14H18N2O2S2. The van der Waals surface area contributed by atoms with Crippen LogP contribution in [0.2, 0.25) is 0 Å². The molecule has 0 unspecified atom stereocenters. The second-order valence-electron chi connectivity index (χ2n) is 4.39. The van der Waals surface area contributed by atoms with Gasteiger partial charge in [-0.3, -0.25) is 4.79 Å². The van der Waals surface area contributed by atoms with Crippen molar-refractivity contribution < 1.29 is 9.53 Å². The maximum Gasteiger partial charge on any atom is 0.305 e. The number of aromatic nitrogens is 2. The van der Waals surface area contributed by atoms with E-state index in [-0.39, 0.29) is 5.97 Å². The summed E-state index contributed by atoms with van der Waals surface area (Å²) in [7, 11) is 1.42. The Labute approximate surface area is 127 Å². The number of methoxy groups -OCH3 is 1. The molecule has 0 saturated heterocycles. The predicted molar refractivity (Wildman–Crippen MR) is 83.5 cm³/mol. The largest absolute Gasteiger partial charge is 0.469 e. The number of fused-ring (bicyclic) bond motifs is 1. The number of hydrogen-bond donors (Lipinski definition) is 0. The first kappa shape index (κ1) is 15.3. The van der Waals surface area contributed by atoms with Crippen molar-refractivity contribution in [3.05, 3.63) is 16.8 Å². The first-order chi connectivity index (χ1) is 9.63. The molecular weight excluding hydrogens is 292 g/mol. The summed E-state index contributed by atoms with van der Waals surface area (Å²) in [5.41, 5.74) is 0. The molecule has 0 spiro atoms. The highest BCUT2D eigenvalue weighted by atomic mass is 32.2. The summed E-state index contributed by atoms with van der Waals surface area (Å²) in [6.07, 6.45) is 2.28. The average Bonchev–Trinajstić information content (AvgIpc) is 2.85. The molecule has 20 heavy (non-hydrogen) atoms. The van der Waals surface area contributed by atoms with Gasteiger partial charge in [-0.25, -0.2) is 9.97 Å². The number of carbonyl (C=O) groups excluding carboxylic acids is 1. The number of nitrogens with zero attached hydrogens (tertiary/aromatic N) is 2. The van der Waals surface area contributed by atoms with Crippen molar-refractivity contribution in [2.45, 2.75) is 38.1 Å². The topological polar surface area (TPSA) is 52.1 Å². The number of thioether (sulfide) groups is 1. The lowest BCUT2D eigenvalue weighted by atomic mass is 10.3. The molecule has 2 heterocycles. The second-order valence-corrected chi connectivity index (χ2v) is 6.59. The van der Waals surface area contributed by atoms with Crippen LogP contribution < -0.4 is 0 Å². The highest BCUT2D eigenvalue weighted by Gasteiger charge is 2.10. The first-order valence-corrected chi connectivity index (χ1v) is 8.41. The van der Waals surface area contributed by atoms with Gasteiger partial charge in [0.15, 0.2) is 0 Å². The number of rotatable bonds is 6. The van der Waals surface area contributed by atoms with Gasteiger partial charge in [-0.05, 0) is 25.8 Å². The van der Waals surface area contributed by atoms with Crippen LogP contribution in [0.25, 0.3) is 10.2 Å². The van der Waals surface area contributed by atoms with Crippen LogP contribution >= 0.6 is 23.1 Å². The molecule has 0 amide bonds. The Hall–Kier alpha value is -1.14. The molecule has 0 aliphatic carbocycles. The van der Waals surface area contributed by atoms with Crippen LogP contribution in [0, 0.1) is 6.92 Å². The van der Waals surface area contributed by atoms with Crippen LogP contribution in [-0.4, -0.2) is 28.8 Å². The minimum atomic E-state index is -0.154. The SMILES string of the molecule is CCc1cc2c(SCCCC(=O)OC)nc(C)nc2s1. The van der Waals surface area contributed by atoms with Crippen LogP contribution in [0.3, 0.4) is 0 Å². The standard InChI is InChI=1S/C14H18N2O2S2/c1-4-10-8-11-13(15-9(2)16-14(11)20-10)19-7-5-6-12(17)18-3/h8H,4-7H2,1-3H3. The van der Waals surface area contributed by atoms with Crippen LogP contribution in [0.15, 0.2) is 11.1 Å². The Morgan fingerprint density at radius 3 is 2.95 bits per heavy atom. The third kappa shape index (κ3) is 3.70. The molecule has 0 bridgehead atoms. The van der Waals surface area contributed by atoms with Gasteiger partial charge in [-0.2, -0.15) is 0 Å². The average molecular weight is 310 g/mol. The number of hydrogen-bond acceptors (Lipinski definition) is 6. The molecule has 0 N–H and O–H groups in total. The van der Waals surface area contributed by atoms with Crippen molar-refractivity contribution in [1.29, 1.82) is 0 Å². The Morgan fingerprint density at radius 1 is 1.45 bits per heavy atom. The number of esters is 1. The Morgan fingerprint density at radius 2 is 2.25 bits per heavy atom. The lowest BCUT2D eigenvalue weighted by molar-refractivity contribution is -0.140. The third-order valence-electron chi connectivity index (χ3n) is 2.86. The van der Waals surface area contributed by atoms with E-state index in [0.29, 0.717) is 6.42 Å². The molecule has 0 atom stereocenters. The zero-order valence-electron chi connectivity index (χ0n) is 11.9. The molecule has 0 aliphatic heterocycles. The smallest absolute Gasteiger partial charge is 0.305 e. The fourth-order valence-corrected chi connectivity index (χ4v) is 3.89. The van der Waals surface area contributed by atoms with Gasteiger partial charge in [0.1, 0.15) is 15.7 Å². The van der Waals surface area contributed by atoms with Crippen molar-refractivity contribution in [1.82, 2.24) is 9.97 Å². The number of ether oxygens (including phenoxy) is 1. The van der Waals surface area contributed by atoms with E-state index >= 15 is 0 Å². The van der Waals surface area contributed by atoms with Gasteiger partial charge >= 0.3 is 5.97 Å². The van der Waals surface area contributed by atoms with E-state index in [4.69, 9.17) is 0 Å². The Kier molecular flexibility index (Phi) is 5.37. The summed E-state index contributed by atoms with van der Waals surface area (Å²) in [5.74, 6) is 1.51. The van der Waals surface area contributed by atoms with E-state index < -0.39 is 0 Å². The molecule has 0 aliphatic rings. The van der Waals surface area contributed by atoms with Gasteiger partial charge in [0, 0.05) is 22.4 Å². The predicted octanol–water partition coefficient (Wildman–Crippen LogP) is 3.61. The molecule has 0 fully saturated rings. The fourth-order valence-electron chi connectivity index (χ4n) is 1.82. The van der Waals surface area contributed by atoms with Crippen LogP contribution in [0.1, 0.15) is 30.5 Å². The highest BCUT2D eigenvalue weighted by Crippen LogP contribution is 2.32.